The van der Waals surface area contributed by atoms with Crippen molar-refractivity contribution in [2.24, 2.45) is 5.73 Å². The molecule has 0 fully saturated rings. The fourth-order valence-electron chi connectivity index (χ4n) is 2.37. The van der Waals surface area contributed by atoms with E-state index in [1.54, 1.807) is 0 Å². The normalized spacial score (nSPS) is 14.9. The van der Waals surface area contributed by atoms with Crippen LogP contribution >= 0.6 is 0 Å². The molecular formula is C14H25N3. The lowest BCUT2D eigenvalue weighted by Gasteiger charge is -2.34. The SMILES string of the molecule is CCCN(CCC)C(c1ccncc1)C(C)N. The van der Waals surface area contributed by atoms with E-state index < -0.39 is 0 Å². The number of aromatic nitrogens is 1. The van der Waals surface area contributed by atoms with Crippen LogP contribution in [0.5, 0.6) is 0 Å². The molecule has 0 aromatic carbocycles. The van der Waals surface area contributed by atoms with Gasteiger partial charge in [0.2, 0.25) is 0 Å². The Labute approximate surface area is 105 Å². The van der Waals surface area contributed by atoms with Crippen molar-refractivity contribution < 1.29 is 0 Å². The van der Waals surface area contributed by atoms with E-state index in [-0.39, 0.29) is 6.04 Å². The zero-order valence-electron chi connectivity index (χ0n) is 11.3. The molecule has 1 heterocycles. The maximum atomic E-state index is 6.17. The Bertz CT molecular complexity index is 292. The topological polar surface area (TPSA) is 42.2 Å². The molecule has 0 aliphatic heterocycles. The number of nitrogens with two attached hydrogens (primary N) is 1. The van der Waals surface area contributed by atoms with Crippen molar-refractivity contribution >= 4 is 0 Å². The van der Waals surface area contributed by atoms with Crippen molar-refractivity contribution in [2.75, 3.05) is 13.1 Å². The van der Waals surface area contributed by atoms with Gasteiger partial charge in [0.15, 0.2) is 0 Å². The number of nitrogens with zero attached hydrogens (tertiary/aromatic N) is 2. The highest BCUT2D eigenvalue weighted by molar-refractivity contribution is 5.17. The van der Waals surface area contributed by atoms with Crippen LogP contribution in [0.15, 0.2) is 24.5 Å². The van der Waals surface area contributed by atoms with Crippen LogP contribution < -0.4 is 5.73 Å². The van der Waals surface area contributed by atoms with E-state index in [9.17, 15) is 0 Å². The molecule has 2 unspecified atom stereocenters. The second-order valence-corrected chi connectivity index (χ2v) is 4.62. The van der Waals surface area contributed by atoms with Crippen LogP contribution in [0.1, 0.15) is 45.2 Å². The number of hydrogen-bond acceptors (Lipinski definition) is 3. The van der Waals surface area contributed by atoms with Crippen LogP contribution in [0.2, 0.25) is 0 Å². The highest BCUT2D eigenvalue weighted by Crippen LogP contribution is 2.23. The van der Waals surface area contributed by atoms with E-state index in [1.807, 2.05) is 12.4 Å². The minimum atomic E-state index is 0.135. The molecule has 17 heavy (non-hydrogen) atoms. The van der Waals surface area contributed by atoms with Crippen LogP contribution in [0.4, 0.5) is 0 Å². The molecule has 0 radical (unpaired) electrons. The van der Waals surface area contributed by atoms with Gasteiger partial charge in [0.05, 0.1) is 0 Å². The van der Waals surface area contributed by atoms with Gasteiger partial charge in [-0.05, 0) is 50.6 Å². The lowest BCUT2D eigenvalue weighted by molar-refractivity contribution is 0.176. The van der Waals surface area contributed by atoms with E-state index in [1.165, 1.54) is 5.56 Å². The molecule has 0 bridgehead atoms. The van der Waals surface area contributed by atoms with Crippen LogP contribution in [-0.4, -0.2) is 29.0 Å². The monoisotopic (exact) mass is 235 g/mol. The Hall–Kier alpha value is -0.930. The first kappa shape index (κ1) is 14.1. The third kappa shape index (κ3) is 4.10. The zero-order chi connectivity index (χ0) is 12.7. The lowest BCUT2D eigenvalue weighted by Crippen LogP contribution is -2.40. The predicted octanol–water partition coefficient (Wildman–Crippen LogP) is 2.59. The van der Waals surface area contributed by atoms with Crippen LogP contribution in [0.25, 0.3) is 0 Å². The van der Waals surface area contributed by atoms with Gasteiger partial charge < -0.3 is 5.73 Å². The van der Waals surface area contributed by atoms with Gasteiger partial charge in [-0.2, -0.15) is 0 Å². The summed E-state index contributed by atoms with van der Waals surface area (Å²) in [6, 6.07) is 4.59. The molecule has 3 heteroatoms. The minimum absolute atomic E-state index is 0.135. The minimum Gasteiger partial charge on any atom is -0.326 e. The number of rotatable bonds is 7. The summed E-state index contributed by atoms with van der Waals surface area (Å²) in [5.41, 5.74) is 7.44. The number of pyridine rings is 1. The maximum Gasteiger partial charge on any atom is 0.0497 e. The summed E-state index contributed by atoms with van der Waals surface area (Å²) in [4.78, 5) is 6.57. The third-order valence-corrected chi connectivity index (χ3v) is 2.96. The highest BCUT2D eigenvalue weighted by Gasteiger charge is 2.22. The van der Waals surface area contributed by atoms with Crippen molar-refractivity contribution in [2.45, 2.75) is 45.7 Å². The molecule has 2 atom stereocenters. The third-order valence-electron chi connectivity index (χ3n) is 2.96. The zero-order valence-corrected chi connectivity index (χ0v) is 11.3. The molecule has 0 saturated heterocycles. The standard InChI is InChI=1S/C14H25N3/c1-4-10-17(11-5-2)14(12(3)15)13-6-8-16-9-7-13/h6-9,12,14H,4-5,10-11,15H2,1-3H3. The highest BCUT2D eigenvalue weighted by atomic mass is 15.2. The number of hydrogen-bond donors (Lipinski definition) is 1. The Morgan fingerprint density at radius 2 is 1.71 bits per heavy atom. The van der Waals surface area contributed by atoms with Crippen molar-refractivity contribution in [1.29, 1.82) is 0 Å². The van der Waals surface area contributed by atoms with Crippen LogP contribution in [-0.2, 0) is 0 Å². The second-order valence-electron chi connectivity index (χ2n) is 4.62. The van der Waals surface area contributed by atoms with Crippen molar-refractivity contribution in [3.63, 3.8) is 0 Å². The van der Waals surface area contributed by atoms with Gasteiger partial charge in [0.25, 0.3) is 0 Å². The van der Waals surface area contributed by atoms with E-state index >= 15 is 0 Å². The fourth-order valence-corrected chi connectivity index (χ4v) is 2.37. The first-order valence-electron chi connectivity index (χ1n) is 6.60. The fraction of sp³-hybridized carbons (Fsp3) is 0.643. The van der Waals surface area contributed by atoms with Gasteiger partial charge in [0, 0.05) is 24.5 Å². The summed E-state index contributed by atoms with van der Waals surface area (Å²) in [6.45, 7) is 8.72. The largest absolute Gasteiger partial charge is 0.326 e. The molecule has 0 amide bonds. The van der Waals surface area contributed by atoms with Crippen molar-refractivity contribution in [3.8, 4) is 0 Å². The van der Waals surface area contributed by atoms with Gasteiger partial charge in [-0.15, -0.1) is 0 Å². The second kappa shape index (κ2) is 7.41. The smallest absolute Gasteiger partial charge is 0.0497 e. The Kier molecular flexibility index (Phi) is 6.16. The summed E-state index contributed by atoms with van der Waals surface area (Å²) in [5.74, 6) is 0. The summed E-state index contributed by atoms with van der Waals surface area (Å²) in [7, 11) is 0. The first-order chi connectivity index (χ1) is 8.20. The van der Waals surface area contributed by atoms with Crippen molar-refractivity contribution in [1.82, 2.24) is 9.88 Å². The molecule has 1 aromatic heterocycles. The summed E-state index contributed by atoms with van der Waals surface area (Å²) in [5, 5.41) is 0. The van der Waals surface area contributed by atoms with Gasteiger partial charge in [0.1, 0.15) is 0 Å². The van der Waals surface area contributed by atoms with Crippen LogP contribution in [0.3, 0.4) is 0 Å². The Morgan fingerprint density at radius 1 is 1.18 bits per heavy atom. The predicted molar refractivity (Wildman–Crippen MR) is 72.8 cm³/mol. The average Bonchev–Trinajstić information content (AvgIpc) is 2.31. The van der Waals surface area contributed by atoms with Gasteiger partial charge >= 0.3 is 0 Å². The van der Waals surface area contributed by atoms with Gasteiger partial charge in [-0.1, -0.05) is 13.8 Å². The van der Waals surface area contributed by atoms with E-state index in [0.717, 1.165) is 25.9 Å². The molecule has 3 nitrogen and oxygen atoms in total. The molecule has 1 aromatic rings. The van der Waals surface area contributed by atoms with Gasteiger partial charge in [-0.25, -0.2) is 0 Å². The Morgan fingerprint density at radius 3 is 2.12 bits per heavy atom. The van der Waals surface area contributed by atoms with Crippen LogP contribution in [0, 0.1) is 0 Å². The molecule has 0 spiro atoms. The van der Waals surface area contributed by atoms with Gasteiger partial charge in [-0.3, -0.25) is 9.88 Å². The molecule has 96 valence electrons. The lowest BCUT2D eigenvalue weighted by atomic mass is 10.00. The quantitative estimate of drug-likeness (QED) is 0.790. The average molecular weight is 235 g/mol. The van der Waals surface area contributed by atoms with E-state index in [0.29, 0.717) is 6.04 Å². The molecular weight excluding hydrogens is 210 g/mol. The molecule has 1 rings (SSSR count). The summed E-state index contributed by atoms with van der Waals surface area (Å²) >= 11 is 0. The first-order valence-corrected chi connectivity index (χ1v) is 6.60. The molecule has 0 saturated carbocycles. The van der Waals surface area contributed by atoms with E-state index in [4.69, 9.17) is 5.73 Å². The summed E-state index contributed by atoms with van der Waals surface area (Å²) in [6.07, 6.45) is 6.02. The molecule has 0 aliphatic rings. The Balaban J connectivity index is 2.90. The molecule has 0 aliphatic carbocycles. The summed E-state index contributed by atoms with van der Waals surface area (Å²) < 4.78 is 0. The molecule has 2 N–H and O–H groups in total. The van der Waals surface area contributed by atoms with E-state index in [2.05, 4.69) is 42.8 Å². The maximum absolute atomic E-state index is 6.17. The van der Waals surface area contributed by atoms with Crippen molar-refractivity contribution in [3.05, 3.63) is 30.1 Å².